The van der Waals surface area contributed by atoms with Gasteiger partial charge in [-0.15, -0.1) is 0 Å². The number of alkyl halides is 1. The van der Waals surface area contributed by atoms with Gasteiger partial charge in [-0.1, -0.05) is 40.2 Å². The van der Waals surface area contributed by atoms with Gasteiger partial charge in [-0.2, -0.15) is 0 Å². The number of amides is 1. The Balaban J connectivity index is 2.07. The normalized spacial score (nSPS) is 19.7. The summed E-state index contributed by atoms with van der Waals surface area (Å²) in [6, 6.07) is 10.0. The molecule has 3 nitrogen and oxygen atoms in total. The number of pyridine rings is 1. The van der Waals surface area contributed by atoms with E-state index in [1.165, 1.54) is 0 Å². The van der Waals surface area contributed by atoms with Gasteiger partial charge in [0.05, 0.1) is 0 Å². The minimum absolute atomic E-state index is 0.170. The predicted octanol–water partition coefficient (Wildman–Crippen LogP) is 2.98. The molecule has 18 heavy (non-hydrogen) atoms. The van der Waals surface area contributed by atoms with Gasteiger partial charge >= 0.3 is 0 Å². The van der Waals surface area contributed by atoms with Crippen molar-refractivity contribution in [3.8, 4) is 0 Å². The molecule has 0 aliphatic carbocycles. The van der Waals surface area contributed by atoms with Crippen molar-refractivity contribution >= 4 is 38.4 Å². The third kappa shape index (κ3) is 1.90. The van der Waals surface area contributed by atoms with Crippen molar-refractivity contribution in [2.24, 2.45) is 5.92 Å². The van der Waals surface area contributed by atoms with Crippen LogP contribution < -0.4 is 4.90 Å². The number of hydrogen-bond acceptors (Lipinski definition) is 2. The Labute approximate surface area is 114 Å². The molecule has 3 rings (SSSR count). The van der Waals surface area contributed by atoms with Crippen molar-refractivity contribution in [3.63, 3.8) is 0 Å². The molecule has 1 unspecified atom stereocenters. The molecule has 4 heteroatoms. The number of aromatic nitrogens is 1. The van der Waals surface area contributed by atoms with E-state index in [2.05, 4.69) is 20.9 Å². The smallest absolute Gasteiger partial charge is 0.228 e. The molecule has 2 aromatic rings. The van der Waals surface area contributed by atoms with Crippen LogP contribution in [0.5, 0.6) is 0 Å². The van der Waals surface area contributed by atoms with Crippen LogP contribution >= 0.6 is 15.9 Å². The van der Waals surface area contributed by atoms with E-state index < -0.39 is 0 Å². The summed E-state index contributed by atoms with van der Waals surface area (Å²) in [5.41, 5.74) is 0. The van der Waals surface area contributed by atoms with E-state index in [1.807, 2.05) is 35.2 Å². The Morgan fingerprint density at radius 3 is 2.94 bits per heavy atom. The average molecular weight is 305 g/mol. The van der Waals surface area contributed by atoms with Gasteiger partial charge in [0.2, 0.25) is 5.91 Å². The summed E-state index contributed by atoms with van der Waals surface area (Å²) in [5.74, 6) is 1.35. The molecule has 0 saturated carbocycles. The third-order valence-corrected chi connectivity index (χ3v) is 4.25. The maximum absolute atomic E-state index is 12.1. The number of rotatable bonds is 2. The zero-order valence-electron chi connectivity index (χ0n) is 9.84. The van der Waals surface area contributed by atoms with E-state index in [0.29, 0.717) is 12.3 Å². The van der Waals surface area contributed by atoms with Gasteiger partial charge in [0, 0.05) is 29.9 Å². The first-order valence-corrected chi connectivity index (χ1v) is 7.12. The number of benzene rings is 1. The number of hydrogen-bond donors (Lipinski definition) is 0. The highest BCUT2D eigenvalue weighted by atomic mass is 79.9. The number of anilines is 1. The topological polar surface area (TPSA) is 33.2 Å². The van der Waals surface area contributed by atoms with Crippen LogP contribution in [0.15, 0.2) is 36.5 Å². The highest BCUT2D eigenvalue weighted by molar-refractivity contribution is 9.09. The molecule has 1 fully saturated rings. The largest absolute Gasteiger partial charge is 0.296 e. The zero-order chi connectivity index (χ0) is 12.5. The first-order chi connectivity index (χ1) is 8.79. The van der Waals surface area contributed by atoms with E-state index in [0.717, 1.165) is 28.5 Å². The van der Waals surface area contributed by atoms with E-state index in [9.17, 15) is 4.79 Å². The lowest BCUT2D eigenvalue weighted by atomic mass is 10.1. The van der Waals surface area contributed by atoms with Crippen LogP contribution in [0.1, 0.15) is 6.42 Å². The lowest BCUT2D eigenvalue weighted by molar-refractivity contribution is -0.117. The Bertz CT molecular complexity index is 594. The van der Waals surface area contributed by atoms with Crippen LogP contribution in [0, 0.1) is 5.92 Å². The molecular weight excluding hydrogens is 292 g/mol. The second kappa shape index (κ2) is 4.69. The molecule has 1 atom stereocenters. The van der Waals surface area contributed by atoms with Gasteiger partial charge in [0.15, 0.2) is 0 Å². The van der Waals surface area contributed by atoms with Gasteiger partial charge in [0.25, 0.3) is 0 Å². The number of halogens is 1. The molecule has 0 N–H and O–H groups in total. The highest BCUT2D eigenvalue weighted by Crippen LogP contribution is 2.30. The van der Waals surface area contributed by atoms with Gasteiger partial charge < -0.3 is 0 Å². The van der Waals surface area contributed by atoms with Crippen LogP contribution in [0.25, 0.3) is 10.8 Å². The summed E-state index contributed by atoms with van der Waals surface area (Å²) >= 11 is 3.45. The molecule has 0 radical (unpaired) electrons. The van der Waals surface area contributed by atoms with Crippen molar-refractivity contribution in [2.75, 3.05) is 16.8 Å². The van der Waals surface area contributed by atoms with Crippen molar-refractivity contribution < 1.29 is 4.79 Å². The summed E-state index contributed by atoms with van der Waals surface area (Å²) in [5, 5.41) is 3.03. The summed E-state index contributed by atoms with van der Waals surface area (Å²) in [7, 11) is 0. The summed E-state index contributed by atoms with van der Waals surface area (Å²) in [4.78, 5) is 18.3. The van der Waals surface area contributed by atoms with Crippen molar-refractivity contribution in [2.45, 2.75) is 6.42 Å². The first-order valence-electron chi connectivity index (χ1n) is 5.99. The third-order valence-electron chi connectivity index (χ3n) is 3.33. The standard InChI is InChI=1S/C14H13BrN2O/c15-8-10-7-13(18)17(9-10)14-12-4-2-1-3-11(12)5-6-16-14/h1-6,10H,7-9H2. The van der Waals surface area contributed by atoms with Crippen LogP contribution in [0.3, 0.4) is 0 Å². The number of fused-ring (bicyclic) bond motifs is 1. The van der Waals surface area contributed by atoms with Crippen molar-refractivity contribution in [1.82, 2.24) is 4.98 Å². The summed E-state index contributed by atoms with van der Waals surface area (Å²) in [6.45, 7) is 0.755. The first kappa shape index (κ1) is 11.7. The van der Waals surface area contributed by atoms with Gasteiger partial charge in [0.1, 0.15) is 5.82 Å². The fourth-order valence-electron chi connectivity index (χ4n) is 2.41. The van der Waals surface area contributed by atoms with Gasteiger partial charge in [-0.3, -0.25) is 9.69 Å². The Morgan fingerprint density at radius 2 is 2.17 bits per heavy atom. The quantitative estimate of drug-likeness (QED) is 0.799. The maximum atomic E-state index is 12.1. The molecule has 92 valence electrons. The number of carbonyl (C=O) groups excluding carboxylic acids is 1. The Morgan fingerprint density at radius 1 is 1.33 bits per heavy atom. The lowest BCUT2D eigenvalue weighted by Crippen LogP contribution is -2.25. The number of carbonyl (C=O) groups is 1. The minimum atomic E-state index is 0.170. The molecule has 0 spiro atoms. The maximum Gasteiger partial charge on any atom is 0.228 e. The number of nitrogens with zero attached hydrogens (tertiary/aromatic N) is 2. The van der Waals surface area contributed by atoms with Crippen LogP contribution in [-0.4, -0.2) is 22.8 Å². The molecule has 1 aliphatic heterocycles. The molecule has 2 heterocycles. The molecule has 0 bridgehead atoms. The SMILES string of the molecule is O=C1CC(CBr)CN1c1nccc2ccccc12. The van der Waals surface area contributed by atoms with Gasteiger partial charge in [-0.05, 0) is 17.4 Å². The Hall–Kier alpha value is -1.42. The predicted molar refractivity (Wildman–Crippen MR) is 76.0 cm³/mol. The second-order valence-electron chi connectivity index (χ2n) is 4.58. The van der Waals surface area contributed by atoms with Crippen LogP contribution in [-0.2, 0) is 4.79 Å². The zero-order valence-corrected chi connectivity index (χ0v) is 11.4. The van der Waals surface area contributed by atoms with E-state index in [1.54, 1.807) is 6.20 Å². The lowest BCUT2D eigenvalue weighted by Gasteiger charge is -2.17. The van der Waals surface area contributed by atoms with Crippen LogP contribution in [0.4, 0.5) is 5.82 Å². The van der Waals surface area contributed by atoms with E-state index >= 15 is 0 Å². The second-order valence-corrected chi connectivity index (χ2v) is 5.23. The highest BCUT2D eigenvalue weighted by Gasteiger charge is 2.31. The average Bonchev–Trinajstić information content (AvgIpc) is 2.79. The van der Waals surface area contributed by atoms with E-state index in [4.69, 9.17) is 0 Å². The Kier molecular flexibility index (Phi) is 3.04. The fraction of sp³-hybridized carbons (Fsp3) is 0.286. The minimum Gasteiger partial charge on any atom is -0.296 e. The van der Waals surface area contributed by atoms with Crippen molar-refractivity contribution in [3.05, 3.63) is 36.5 Å². The molecule has 1 aromatic carbocycles. The monoisotopic (exact) mass is 304 g/mol. The molecule has 1 saturated heterocycles. The molecule has 1 aromatic heterocycles. The van der Waals surface area contributed by atoms with Gasteiger partial charge in [-0.25, -0.2) is 4.98 Å². The molecular formula is C14H13BrN2O. The fourth-order valence-corrected chi connectivity index (χ4v) is 2.84. The molecule has 1 aliphatic rings. The van der Waals surface area contributed by atoms with Crippen molar-refractivity contribution in [1.29, 1.82) is 0 Å². The summed E-state index contributed by atoms with van der Waals surface area (Å²) < 4.78 is 0. The van der Waals surface area contributed by atoms with E-state index in [-0.39, 0.29) is 5.91 Å². The van der Waals surface area contributed by atoms with Crippen LogP contribution in [0.2, 0.25) is 0 Å². The molecule has 1 amide bonds. The summed E-state index contributed by atoms with van der Waals surface area (Å²) in [6.07, 6.45) is 2.38.